The van der Waals surface area contributed by atoms with E-state index in [0.29, 0.717) is 16.3 Å². The van der Waals surface area contributed by atoms with E-state index in [4.69, 9.17) is 16.0 Å². The molecule has 0 saturated carbocycles. The molecule has 2 amide bonds. The van der Waals surface area contributed by atoms with Crippen LogP contribution in [0.3, 0.4) is 0 Å². The van der Waals surface area contributed by atoms with Crippen LogP contribution in [-0.2, 0) is 4.79 Å². The first kappa shape index (κ1) is 18.5. The molecule has 0 bridgehead atoms. The van der Waals surface area contributed by atoms with Gasteiger partial charge in [-0.1, -0.05) is 41.4 Å². The van der Waals surface area contributed by atoms with E-state index in [9.17, 15) is 9.59 Å². The third kappa shape index (κ3) is 5.09. The lowest BCUT2D eigenvalue weighted by Gasteiger charge is -2.11. The highest BCUT2D eigenvalue weighted by Crippen LogP contribution is 2.14. The molecule has 27 heavy (non-hydrogen) atoms. The number of amides is 2. The highest BCUT2D eigenvalue weighted by atomic mass is 35.5. The Morgan fingerprint density at radius 1 is 1.00 bits per heavy atom. The van der Waals surface area contributed by atoms with Crippen molar-refractivity contribution in [2.45, 2.75) is 6.92 Å². The SMILES string of the molecule is Cc1ccc(NC(=O)C(=Cc2ccc(Cl)cc2)NC(=O)c2ccco2)cc1. The summed E-state index contributed by atoms with van der Waals surface area (Å²) in [5.74, 6) is -0.854. The van der Waals surface area contributed by atoms with Crippen molar-refractivity contribution in [2.24, 2.45) is 0 Å². The van der Waals surface area contributed by atoms with Gasteiger partial charge in [-0.2, -0.15) is 0 Å². The Hall–Kier alpha value is -3.31. The molecule has 1 heterocycles. The van der Waals surface area contributed by atoms with Gasteiger partial charge in [0.05, 0.1) is 6.26 Å². The first-order valence-electron chi connectivity index (χ1n) is 8.21. The second-order valence-electron chi connectivity index (χ2n) is 5.86. The lowest BCUT2D eigenvalue weighted by molar-refractivity contribution is -0.113. The Morgan fingerprint density at radius 2 is 1.70 bits per heavy atom. The van der Waals surface area contributed by atoms with Gasteiger partial charge in [0.25, 0.3) is 11.8 Å². The standard InChI is InChI=1S/C21H17ClN2O3/c1-14-4-10-17(11-5-14)23-20(25)18(13-15-6-8-16(22)9-7-15)24-21(26)19-3-2-12-27-19/h2-13H,1H3,(H,23,25)(H,24,26). The van der Waals surface area contributed by atoms with Crippen LogP contribution in [-0.4, -0.2) is 11.8 Å². The minimum Gasteiger partial charge on any atom is -0.459 e. The number of halogens is 1. The van der Waals surface area contributed by atoms with Crippen molar-refractivity contribution in [3.05, 3.63) is 94.5 Å². The van der Waals surface area contributed by atoms with E-state index < -0.39 is 11.8 Å². The molecule has 0 radical (unpaired) electrons. The van der Waals surface area contributed by atoms with Gasteiger partial charge in [-0.25, -0.2) is 0 Å². The molecule has 0 aliphatic heterocycles. The zero-order valence-corrected chi connectivity index (χ0v) is 15.3. The highest BCUT2D eigenvalue weighted by Gasteiger charge is 2.16. The minimum atomic E-state index is -0.515. The van der Waals surface area contributed by atoms with Crippen LogP contribution in [0.5, 0.6) is 0 Å². The van der Waals surface area contributed by atoms with E-state index in [1.54, 1.807) is 48.5 Å². The average molecular weight is 381 g/mol. The molecular weight excluding hydrogens is 364 g/mol. The van der Waals surface area contributed by atoms with Crippen LogP contribution >= 0.6 is 11.6 Å². The molecule has 1 aromatic heterocycles. The number of hydrogen-bond acceptors (Lipinski definition) is 3. The Morgan fingerprint density at radius 3 is 2.33 bits per heavy atom. The molecule has 0 saturated heterocycles. The molecule has 136 valence electrons. The summed E-state index contributed by atoms with van der Waals surface area (Å²) < 4.78 is 5.08. The van der Waals surface area contributed by atoms with Crippen LogP contribution in [0.4, 0.5) is 5.69 Å². The van der Waals surface area contributed by atoms with Crippen LogP contribution in [0.25, 0.3) is 6.08 Å². The quantitative estimate of drug-likeness (QED) is 0.633. The number of carbonyl (C=O) groups is 2. The highest BCUT2D eigenvalue weighted by molar-refractivity contribution is 6.30. The van der Waals surface area contributed by atoms with E-state index in [-0.39, 0.29) is 11.5 Å². The summed E-state index contributed by atoms with van der Waals surface area (Å²) in [4.78, 5) is 25.0. The largest absolute Gasteiger partial charge is 0.459 e. The second kappa shape index (κ2) is 8.38. The van der Waals surface area contributed by atoms with Crippen molar-refractivity contribution in [1.29, 1.82) is 0 Å². The normalized spacial score (nSPS) is 11.1. The fourth-order valence-corrected chi connectivity index (χ4v) is 2.44. The Labute approximate surface area is 161 Å². The topological polar surface area (TPSA) is 71.3 Å². The van der Waals surface area contributed by atoms with E-state index in [0.717, 1.165) is 5.56 Å². The van der Waals surface area contributed by atoms with Gasteiger partial charge in [-0.15, -0.1) is 0 Å². The van der Waals surface area contributed by atoms with Crippen LogP contribution in [0.2, 0.25) is 5.02 Å². The van der Waals surface area contributed by atoms with Crippen molar-refractivity contribution in [1.82, 2.24) is 5.32 Å². The van der Waals surface area contributed by atoms with Crippen molar-refractivity contribution in [3.8, 4) is 0 Å². The van der Waals surface area contributed by atoms with Crippen molar-refractivity contribution in [3.63, 3.8) is 0 Å². The summed E-state index contributed by atoms with van der Waals surface area (Å²) in [7, 11) is 0. The lowest BCUT2D eigenvalue weighted by atomic mass is 10.1. The maximum absolute atomic E-state index is 12.7. The average Bonchev–Trinajstić information content (AvgIpc) is 3.19. The zero-order valence-electron chi connectivity index (χ0n) is 14.5. The van der Waals surface area contributed by atoms with Crippen LogP contribution in [0.15, 0.2) is 77.0 Å². The number of nitrogens with one attached hydrogen (secondary N) is 2. The number of aryl methyl sites for hydroxylation is 1. The Kier molecular flexibility index (Phi) is 5.74. The van der Waals surface area contributed by atoms with Gasteiger partial charge in [0.1, 0.15) is 5.70 Å². The number of furan rings is 1. The Bertz CT molecular complexity index is 960. The smallest absolute Gasteiger partial charge is 0.291 e. The molecule has 5 nitrogen and oxygen atoms in total. The molecule has 0 fully saturated rings. The van der Waals surface area contributed by atoms with E-state index in [2.05, 4.69) is 10.6 Å². The van der Waals surface area contributed by atoms with Crippen LogP contribution in [0.1, 0.15) is 21.7 Å². The molecule has 0 unspecified atom stereocenters. The number of hydrogen-bond donors (Lipinski definition) is 2. The van der Waals surface area contributed by atoms with Gasteiger partial charge in [0.15, 0.2) is 5.76 Å². The summed E-state index contributed by atoms with van der Waals surface area (Å²) in [6.07, 6.45) is 2.96. The third-order valence-electron chi connectivity index (χ3n) is 3.73. The number of carbonyl (C=O) groups excluding carboxylic acids is 2. The maximum atomic E-state index is 12.7. The van der Waals surface area contributed by atoms with Gasteiger partial charge in [0, 0.05) is 10.7 Å². The molecule has 3 aromatic rings. The minimum absolute atomic E-state index is 0.0827. The number of rotatable bonds is 5. The zero-order chi connectivity index (χ0) is 19.2. The predicted octanol–water partition coefficient (Wildman–Crippen LogP) is 4.65. The molecule has 2 N–H and O–H groups in total. The first-order chi connectivity index (χ1) is 13.0. The molecule has 6 heteroatoms. The van der Waals surface area contributed by atoms with Gasteiger partial charge < -0.3 is 15.1 Å². The van der Waals surface area contributed by atoms with Crippen molar-refractivity contribution >= 4 is 35.2 Å². The van der Waals surface area contributed by atoms with Gasteiger partial charge in [-0.05, 0) is 55.0 Å². The predicted molar refractivity (Wildman–Crippen MR) is 105 cm³/mol. The molecule has 2 aromatic carbocycles. The van der Waals surface area contributed by atoms with E-state index in [1.165, 1.54) is 12.3 Å². The fourth-order valence-electron chi connectivity index (χ4n) is 2.31. The van der Waals surface area contributed by atoms with E-state index >= 15 is 0 Å². The third-order valence-corrected chi connectivity index (χ3v) is 3.98. The van der Waals surface area contributed by atoms with Crippen molar-refractivity contribution < 1.29 is 14.0 Å². The fraction of sp³-hybridized carbons (Fsp3) is 0.0476. The summed E-state index contributed by atoms with van der Waals surface area (Å²) in [6.45, 7) is 1.96. The monoisotopic (exact) mass is 380 g/mol. The molecule has 0 aliphatic carbocycles. The summed E-state index contributed by atoms with van der Waals surface area (Å²) >= 11 is 5.90. The first-order valence-corrected chi connectivity index (χ1v) is 8.59. The molecule has 3 rings (SSSR count). The second-order valence-corrected chi connectivity index (χ2v) is 6.30. The summed E-state index contributed by atoms with van der Waals surface area (Å²) in [5, 5.41) is 5.95. The Balaban J connectivity index is 1.85. The van der Waals surface area contributed by atoms with Gasteiger partial charge in [0.2, 0.25) is 0 Å². The van der Waals surface area contributed by atoms with Crippen LogP contribution in [0, 0.1) is 6.92 Å². The molecule has 0 spiro atoms. The van der Waals surface area contributed by atoms with Crippen molar-refractivity contribution in [2.75, 3.05) is 5.32 Å². The molecule has 0 aliphatic rings. The van der Waals surface area contributed by atoms with Gasteiger partial charge >= 0.3 is 0 Å². The lowest BCUT2D eigenvalue weighted by Crippen LogP contribution is -2.30. The van der Waals surface area contributed by atoms with Crippen LogP contribution < -0.4 is 10.6 Å². The summed E-state index contributed by atoms with van der Waals surface area (Å²) in [5.41, 5.74) is 2.50. The van der Waals surface area contributed by atoms with E-state index in [1.807, 2.05) is 19.1 Å². The molecule has 0 atom stereocenters. The maximum Gasteiger partial charge on any atom is 0.291 e. The summed E-state index contributed by atoms with van der Waals surface area (Å²) in [6, 6.07) is 17.4. The number of anilines is 1. The number of benzene rings is 2. The molecular formula is C21H17ClN2O3. The van der Waals surface area contributed by atoms with Gasteiger partial charge in [-0.3, -0.25) is 9.59 Å².